The minimum atomic E-state index is -0.741. The predicted molar refractivity (Wildman–Crippen MR) is 64.2 cm³/mol. The second kappa shape index (κ2) is 6.70. The van der Waals surface area contributed by atoms with Crippen molar-refractivity contribution in [3.05, 3.63) is 29.8 Å². The van der Waals surface area contributed by atoms with Crippen LogP contribution in [0.15, 0.2) is 18.5 Å². The van der Waals surface area contributed by atoms with Gasteiger partial charge in [0.25, 0.3) is 0 Å². The van der Waals surface area contributed by atoms with Crippen molar-refractivity contribution in [2.45, 2.75) is 19.4 Å². The monoisotopic (exact) mass is 244 g/mol. The SMILES string of the molecule is CC(NCCCS(C)=O)c1cncc(F)c1. The fraction of sp³-hybridized carbons (Fsp3) is 0.545. The van der Waals surface area contributed by atoms with Crippen molar-refractivity contribution in [1.29, 1.82) is 0 Å². The molecule has 16 heavy (non-hydrogen) atoms. The molecule has 1 heterocycles. The van der Waals surface area contributed by atoms with Gasteiger partial charge in [-0.05, 0) is 31.5 Å². The van der Waals surface area contributed by atoms with E-state index in [2.05, 4.69) is 10.3 Å². The van der Waals surface area contributed by atoms with Crippen LogP contribution in [0, 0.1) is 5.82 Å². The first-order valence-electron chi connectivity index (χ1n) is 5.23. The Morgan fingerprint density at radius 1 is 1.56 bits per heavy atom. The average molecular weight is 244 g/mol. The van der Waals surface area contributed by atoms with Crippen molar-refractivity contribution in [2.24, 2.45) is 0 Å². The lowest BCUT2D eigenvalue weighted by Gasteiger charge is -2.13. The van der Waals surface area contributed by atoms with E-state index in [4.69, 9.17) is 0 Å². The van der Waals surface area contributed by atoms with Crippen molar-refractivity contribution in [1.82, 2.24) is 10.3 Å². The fourth-order valence-electron chi connectivity index (χ4n) is 1.38. The van der Waals surface area contributed by atoms with Gasteiger partial charge in [-0.3, -0.25) is 9.19 Å². The molecule has 2 atom stereocenters. The molecule has 0 aliphatic rings. The molecule has 1 rings (SSSR count). The van der Waals surface area contributed by atoms with Crippen LogP contribution in [0.3, 0.4) is 0 Å². The van der Waals surface area contributed by atoms with E-state index in [0.717, 1.165) is 18.5 Å². The molecule has 0 bridgehead atoms. The minimum Gasteiger partial charge on any atom is -0.310 e. The standard InChI is InChI=1S/C11H17FN2OS/c1-9(14-4-3-5-16(2)15)10-6-11(12)8-13-7-10/h6-9,14H,3-5H2,1-2H3. The van der Waals surface area contributed by atoms with Crippen LogP contribution < -0.4 is 5.32 Å². The number of nitrogens with zero attached hydrogens (tertiary/aromatic N) is 1. The molecule has 3 nitrogen and oxygen atoms in total. The van der Waals surface area contributed by atoms with Gasteiger partial charge in [0.05, 0.1) is 6.20 Å². The van der Waals surface area contributed by atoms with Crippen LogP contribution >= 0.6 is 0 Å². The minimum absolute atomic E-state index is 0.0634. The molecule has 1 N–H and O–H groups in total. The van der Waals surface area contributed by atoms with Gasteiger partial charge in [0, 0.05) is 35.0 Å². The molecule has 0 radical (unpaired) electrons. The zero-order valence-corrected chi connectivity index (χ0v) is 10.4. The second-order valence-electron chi connectivity index (χ2n) is 3.74. The molecule has 1 aromatic heterocycles. The van der Waals surface area contributed by atoms with Crippen molar-refractivity contribution >= 4 is 10.8 Å². The summed E-state index contributed by atoms with van der Waals surface area (Å²) < 4.78 is 23.7. The van der Waals surface area contributed by atoms with Crippen LogP contribution in [-0.4, -0.2) is 27.7 Å². The van der Waals surface area contributed by atoms with Gasteiger partial charge in [-0.15, -0.1) is 0 Å². The van der Waals surface area contributed by atoms with Gasteiger partial charge in [-0.25, -0.2) is 4.39 Å². The third kappa shape index (κ3) is 4.81. The maximum Gasteiger partial charge on any atom is 0.141 e. The number of pyridine rings is 1. The largest absolute Gasteiger partial charge is 0.310 e. The quantitative estimate of drug-likeness (QED) is 0.774. The van der Waals surface area contributed by atoms with Crippen molar-refractivity contribution in [3.8, 4) is 0 Å². The normalized spacial score (nSPS) is 14.7. The smallest absolute Gasteiger partial charge is 0.141 e. The number of hydrogen-bond acceptors (Lipinski definition) is 3. The summed E-state index contributed by atoms with van der Waals surface area (Å²) in [6, 6.07) is 1.54. The first-order valence-corrected chi connectivity index (χ1v) is 6.96. The lowest BCUT2D eigenvalue weighted by Crippen LogP contribution is -2.21. The Hall–Kier alpha value is -0.810. The van der Waals surface area contributed by atoms with Crippen LogP contribution in [0.2, 0.25) is 0 Å². The Balaban J connectivity index is 2.35. The van der Waals surface area contributed by atoms with E-state index in [0.29, 0.717) is 5.75 Å². The molecule has 2 unspecified atom stereocenters. The highest BCUT2D eigenvalue weighted by Gasteiger charge is 2.05. The van der Waals surface area contributed by atoms with Gasteiger partial charge >= 0.3 is 0 Å². The van der Waals surface area contributed by atoms with E-state index in [1.165, 1.54) is 12.3 Å². The molecule has 0 spiro atoms. The summed E-state index contributed by atoms with van der Waals surface area (Å²) >= 11 is 0. The Kier molecular flexibility index (Phi) is 5.55. The second-order valence-corrected chi connectivity index (χ2v) is 5.30. The van der Waals surface area contributed by atoms with Crippen molar-refractivity contribution < 1.29 is 8.60 Å². The van der Waals surface area contributed by atoms with Crippen LogP contribution in [-0.2, 0) is 10.8 Å². The highest BCUT2D eigenvalue weighted by Crippen LogP contribution is 2.11. The molecular formula is C11H17FN2OS. The molecule has 1 aromatic rings. The molecule has 0 fully saturated rings. The van der Waals surface area contributed by atoms with Gasteiger partial charge in [-0.1, -0.05) is 0 Å². The van der Waals surface area contributed by atoms with Crippen LogP contribution in [0.5, 0.6) is 0 Å². The lowest BCUT2D eigenvalue weighted by atomic mass is 10.1. The first-order chi connectivity index (χ1) is 7.59. The van der Waals surface area contributed by atoms with Crippen molar-refractivity contribution in [3.63, 3.8) is 0 Å². The molecule has 0 saturated carbocycles. The van der Waals surface area contributed by atoms with Gasteiger partial charge in [0.2, 0.25) is 0 Å². The molecule has 90 valence electrons. The Morgan fingerprint density at radius 2 is 2.31 bits per heavy atom. The van der Waals surface area contributed by atoms with Crippen molar-refractivity contribution in [2.75, 3.05) is 18.6 Å². The number of rotatable bonds is 6. The van der Waals surface area contributed by atoms with Gasteiger partial charge in [0.1, 0.15) is 5.82 Å². The van der Waals surface area contributed by atoms with Gasteiger partial charge < -0.3 is 5.32 Å². The summed E-state index contributed by atoms with van der Waals surface area (Å²) in [5, 5.41) is 3.24. The molecule has 0 aromatic carbocycles. The van der Waals surface area contributed by atoms with E-state index in [1.54, 1.807) is 12.5 Å². The Labute approximate surface area is 97.9 Å². The van der Waals surface area contributed by atoms with E-state index in [1.807, 2.05) is 6.92 Å². The first kappa shape index (κ1) is 13.3. The highest BCUT2D eigenvalue weighted by atomic mass is 32.2. The zero-order valence-electron chi connectivity index (χ0n) is 9.57. The van der Waals surface area contributed by atoms with E-state index < -0.39 is 10.8 Å². The van der Waals surface area contributed by atoms with Crippen LogP contribution in [0.1, 0.15) is 24.9 Å². The molecule has 0 aliphatic heterocycles. The Morgan fingerprint density at radius 3 is 2.94 bits per heavy atom. The fourth-order valence-corrected chi connectivity index (χ4v) is 1.93. The average Bonchev–Trinajstić information content (AvgIpc) is 2.24. The highest BCUT2D eigenvalue weighted by molar-refractivity contribution is 7.84. The lowest BCUT2D eigenvalue weighted by molar-refractivity contribution is 0.558. The maximum absolute atomic E-state index is 12.9. The molecular weight excluding hydrogens is 227 g/mol. The summed E-state index contributed by atoms with van der Waals surface area (Å²) in [5.74, 6) is 0.377. The number of nitrogens with one attached hydrogen (secondary N) is 1. The third-order valence-corrected chi connectivity index (χ3v) is 3.15. The van der Waals surface area contributed by atoms with Crippen LogP contribution in [0.25, 0.3) is 0 Å². The molecule has 0 aliphatic carbocycles. The summed E-state index contributed by atoms with van der Waals surface area (Å²) in [6.07, 6.45) is 5.39. The predicted octanol–water partition coefficient (Wildman–Crippen LogP) is 1.64. The van der Waals surface area contributed by atoms with Gasteiger partial charge in [0.15, 0.2) is 0 Å². The van der Waals surface area contributed by atoms with E-state index in [9.17, 15) is 8.60 Å². The van der Waals surface area contributed by atoms with Gasteiger partial charge in [-0.2, -0.15) is 0 Å². The Bertz CT molecular complexity index is 360. The number of halogens is 1. The molecule has 0 amide bonds. The van der Waals surface area contributed by atoms with E-state index in [-0.39, 0.29) is 11.9 Å². The topological polar surface area (TPSA) is 42.0 Å². The van der Waals surface area contributed by atoms with E-state index >= 15 is 0 Å². The maximum atomic E-state index is 12.9. The number of aromatic nitrogens is 1. The summed E-state index contributed by atoms with van der Waals surface area (Å²) in [6.45, 7) is 2.73. The summed E-state index contributed by atoms with van der Waals surface area (Å²) in [5.41, 5.74) is 0.831. The summed E-state index contributed by atoms with van der Waals surface area (Å²) in [4.78, 5) is 3.80. The molecule has 0 saturated heterocycles. The summed E-state index contributed by atoms with van der Waals surface area (Å²) in [7, 11) is -0.741. The zero-order chi connectivity index (χ0) is 12.0. The number of hydrogen-bond donors (Lipinski definition) is 1. The van der Waals surface area contributed by atoms with Crippen LogP contribution in [0.4, 0.5) is 4.39 Å². The molecule has 5 heteroatoms. The third-order valence-electron chi connectivity index (χ3n) is 2.29.